The summed E-state index contributed by atoms with van der Waals surface area (Å²) in [6.07, 6.45) is 1.40. The molecule has 0 aliphatic heterocycles. The number of carbonyl (C=O) groups is 1. The van der Waals surface area contributed by atoms with Gasteiger partial charge in [0.2, 0.25) is 0 Å². The zero-order chi connectivity index (χ0) is 10.3. The summed E-state index contributed by atoms with van der Waals surface area (Å²) in [7, 11) is 0. The molecule has 0 N–H and O–H groups in total. The van der Waals surface area contributed by atoms with Crippen LogP contribution in [0.4, 0.5) is 0 Å². The lowest BCUT2D eigenvalue weighted by Crippen LogP contribution is -2.14. The third-order valence-corrected chi connectivity index (χ3v) is 2.07. The van der Waals surface area contributed by atoms with Gasteiger partial charge in [-0.1, -0.05) is 0 Å². The molecule has 0 unspecified atom stereocenters. The zero-order valence-corrected chi connectivity index (χ0v) is 11.7. The molecule has 0 heterocycles. The van der Waals surface area contributed by atoms with Crippen LogP contribution < -0.4 is 0 Å². The number of hydrogen-bond donors (Lipinski definition) is 0. The summed E-state index contributed by atoms with van der Waals surface area (Å²) in [5, 5.41) is 0. The first kappa shape index (κ1) is 13.3. The molecule has 0 spiro atoms. The number of nitrogens with zero attached hydrogens (tertiary/aromatic N) is 1. The van der Waals surface area contributed by atoms with E-state index in [0.29, 0.717) is 18.9 Å². The summed E-state index contributed by atoms with van der Waals surface area (Å²) in [6, 6.07) is 0. The van der Waals surface area contributed by atoms with Gasteiger partial charge in [-0.05, 0) is 13.8 Å². The smallest absolute Gasteiger partial charge is 0.359 e. The first-order chi connectivity index (χ1) is 6.13. The SMILES string of the molecule is CCO/C=C(\C(=O)OCC)N(I)I. The van der Waals surface area contributed by atoms with Crippen molar-refractivity contribution in [2.24, 2.45) is 0 Å². The van der Waals surface area contributed by atoms with Gasteiger partial charge in [0.1, 0.15) is 6.26 Å². The number of hydrogen-bond acceptors (Lipinski definition) is 4. The minimum absolute atomic E-state index is 0.365. The van der Waals surface area contributed by atoms with E-state index in [1.807, 2.05) is 52.7 Å². The average molecular weight is 411 g/mol. The van der Waals surface area contributed by atoms with E-state index >= 15 is 0 Å². The second kappa shape index (κ2) is 7.65. The molecular weight excluding hydrogens is 400 g/mol. The topological polar surface area (TPSA) is 38.8 Å². The molecule has 0 bridgehead atoms. The Kier molecular flexibility index (Phi) is 7.81. The Labute approximate surface area is 106 Å². The van der Waals surface area contributed by atoms with Gasteiger partial charge in [0.15, 0.2) is 5.70 Å². The molecule has 0 aromatic carbocycles. The molecule has 13 heavy (non-hydrogen) atoms. The summed E-state index contributed by atoms with van der Waals surface area (Å²) in [4.78, 5) is 11.3. The van der Waals surface area contributed by atoms with E-state index in [9.17, 15) is 4.79 Å². The van der Waals surface area contributed by atoms with Gasteiger partial charge < -0.3 is 9.47 Å². The predicted octanol–water partition coefficient (Wildman–Crippen LogP) is 2.43. The van der Waals surface area contributed by atoms with Crippen molar-refractivity contribution >= 4 is 51.7 Å². The average Bonchev–Trinajstić information content (AvgIpc) is 2.05. The van der Waals surface area contributed by atoms with E-state index in [-0.39, 0.29) is 5.97 Å². The molecule has 6 heteroatoms. The van der Waals surface area contributed by atoms with Gasteiger partial charge in [0.05, 0.1) is 58.9 Å². The molecule has 0 radical (unpaired) electrons. The molecule has 0 aromatic rings. The van der Waals surface area contributed by atoms with Crippen LogP contribution in [0.3, 0.4) is 0 Å². The van der Waals surface area contributed by atoms with Crippen molar-refractivity contribution in [3.8, 4) is 0 Å². The lowest BCUT2D eigenvalue weighted by molar-refractivity contribution is -0.139. The fourth-order valence-electron chi connectivity index (χ4n) is 0.524. The lowest BCUT2D eigenvalue weighted by atomic mass is 10.5. The Balaban J connectivity index is 4.32. The molecule has 0 saturated heterocycles. The molecule has 0 aromatic heterocycles. The first-order valence-electron chi connectivity index (χ1n) is 3.74. The molecule has 0 rings (SSSR count). The molecule has 0 atom stereocenters. The number of rotatable bonds is 5. The maximum atomic E-state index is 11.3. The van der Waals surface area contributed by atoms with Crippen LogP contribution in [0.2, 0.25) is 0 Å². The van der Waals surface area contributed by atoms with Crippen LogP contribution >= 0.6 is 45.7 Å². The molecule has 0 amide bonds. The summed E-state index contributed by atoms with van der Waals surface area (Å²) in [5.74, 6) is -0.375. The van der Waals surface area contributed by atoms with Gasteiger partial charge in [-0.3, -0.25) is 0 Å². The van der Waals surface area contributed by atoms with Gasteiger partial charge in [-0.2, -0.15) is 0 Å². The standard InChI is InChI=1S/C7H11I2NO3/c1-3-12-5-6(10(8)9)7(11)13-4-2/h5H,3-4H2,1-2H3/b6-5+. The van der Waals surface area contributed by atoms with Crippen LogP contribution in [0.15, 0.2) is 12.0 Å². The van der Waals surface area contributed by atoms with Crippen LogP contribution in [-0.2, 0) is 14.3 Å². The van der Waals surface area contributed by atoms with Gasteiger partial charge in [0, 0.05) is 0 Å². The fraction of sp³-hybridized carbons (Fsp3) is 0.571. The molecule has 0 aliphatic carbocycles. The summed E-state index contributed by atoms with van der Waals surface area (Å²) < 4.78 is 11.4. The Morgan fingerprint density at radius 2 is 2.00 bits per heavy atom. The molecule has 0 fully saturated rings. The second-order valence-electron chi connectivity index (χ2n) is 1.91. The number of esters is 1. The highest BCUT2D eigenvalue weighted by atomic mass is 127. The lowest BCUT2D eigenvalue weighted by Gasteiger charge is -2.10. The zero-order valence-electron chi connectivity index (χ0n) is 7.42. The minimum Gasteiger partial charge on any atom is -0.499 e. The van der Waals surface area contributed by atoms with Crippen molar-refractivity contribution in [3.05, 3.63) is 12.0 Å². The molecule has 76 valence electrons. The van der Waals surface area contributed by atoms with Gasteiger partial charge in [0.25, 0.3) is 0 Å². The van der Waals surface area contributed by atoms with Crippen molar-refractivity contribution < 1.29 is 14.3 Å². The van der Waals surface area contributed by atoms with Gasteiger partial charge >= 0.3 is 5.97 Å². The van der Waals surface area contributed by atoms with E-state index in [1.165, 1.54) is 6.26 Å². The highest BCUT2D eigenvalue weighted by molar-refractivity contribution is 14.2. The van der Waals surface area contributed by atoms with E-state index in [4.69, 9.17) is 9.47 Å². The van der Waals surface area contributed by atoms with Crippen molar-refractivity contribution in [2.75, 3.05) is 13.2 Å². The predicted molar refractivity (Wildman–Crippen MR) is 66.2 cm³/mol. The third-order valence-electron chi connectivity index (χ3n) is 1.03. The summed E-state index contributed by atoms with van der Waals surface area (Å²) in [5.41, 5.74) is 0.393. The van der Waals surface area contributed by atoms with Crippen LogP contribution in [0.1, 0.15) is 13.8 Å². The van der Waals surface area contributed by atoms with E-state index in [0.717, 1.165) is 0 Å². The molecule has 0 aliphatic rings. The Morgan fingerprint density at radius 1 is 1.38 bits per heavy atom. The normalized spacial score (nSPS) is 10.9. The summed E-state index contributed by atoms with van der Waals surface area (Å²) >= 11 is 3.94. The second-order valence-corrected chi connectivity index (χ2v) is 5.69. The highest BCUT2D eigenvalue weighted by Gasteiger charge is 2.15. The number of halogens is 2. The Morgan fingerprint density at radius 3 is 2.38 bits per heavy atom. The van der Waals surface area contributed by atoms with Crippen molar-refractivity contribution in [1.82, 2.24) is 1.33 Å². The summed E-state index contributed by atoms with van der Waals surface area (Å²) in [6.45, 7) is 4.51. The minimum atomic E-state index is -0.375. The molecular formula is C7H11I2NO3. The van der Waals surface area contributed by atoms with Crippen LogP contribution in [0, 0.1) is 0 Å². The molecule has 4 nitrogen and oxygen atoms in total. The van der Waals surface area contributed by atoms with Gasteiger partial charge in [-0.25, -0.2) is 6.12 Å². The van der Waals surface area contributed by atoms with Crippen LogP contribution in [-0.4, -0.2) is 20.5 Å². The van der Waals surface area contributed by atoms with Gasteiger partial charge in [-0.15, -0.1) is 0 Å². The van der Waals surface area contributed by atoms with Crippen LogP contribution in [0.25, 0.3) is 0 Å². The van der Waals surface area contributed by atoms with E-state index < -0.39 is 0 Å². The maximum absolute atomic E-state index is 11.3. The third kappa shape index (κ3) is 5.55. The van der Waals surface area contributed by atoms with Crippen molar-refractivity contribution in [2.45, 2.75) is 13.8 Å². The highest BCUT2D eigenvalue weighted by Crippen LogP contribution is 2.18. The monoisotopic (exact) mass is 411 g/mol. The quantitative estimate of drug-likeness (QED) is 0.229. The number of carbonyl (C=O) groups excluding carboxylic acids is 1. The Bertz CT molecular complexity index is 194. The fourth-order valence-corrected chi connectivity index (χ4v) is 1.15. The van der Waals surface area contributed by atoms with E-state index in [1.54, 1.807) is 8.25 Å². The van der Waals surface area contributed by atoms with Crippen molar-refractivity contribution in [3.63, 3.8) is 0 Å². The first-order valence-corrected chi connectivity index (χ1v) is 5.67. The van der Waals surface area contributed by atoms with Crippen molar-refractivity contribution in [1.29, 1.82) is 0 Å². The largest absolute Gasteiger partial charge is 0.499 e. The number of ether oxygens (including phenoxy) is 2. The van der Waals surface area contributed by atoms with E-state index in [2.05, 4.69) is 0 Å². The Hall–Kier alpha value is 0.270. The molecule has 0 saturated carbocycles. The van der Waals surface area contributed by atoms with Crippen LogP contribution in [0.5, 0.6) is 0 Å². The maximum Gasteiger partial charge on any atom is 0.359 e.